The Hall–Kier alpha value is -3.74. The van der Waals surface area contributed by atoms with Gasteiger partial charge in [-0.1, -0.05) is 24.3 Å². The minimum Gasteiger partial charge on any atom is -0.340 e. The summed E-state index contributed by atoms with van der Waals surface area (Å²) in [5.74, 6) is 1.35. The highest BCUT2D eigenvalue weighted by atomic mass is 16.2. The fourth-order valence-electron chi connectivity index (χ4n) is 4.98. The molecule has 2 unspecified atom stereocenters. The number of anilines is 3. The van der Waals surface area contributed by atoms with Gasteiger partial charge in [-0.3, -0.25) is 19.5 Å². The van der Waals surface area contributed by atoms with Gasteiger partial charge in [0.05, 0.1) is 11.7 Å². The highest BCUT2D eigenvalue weighted by Crippen LogP contribution is 2.45. The maximum Gasteiger partial charge on any atom is 0.260 e. The first-order valence-corrected chi connectivity index (χ1v) is 11.0. The Morgan fingerprint density at radius 3 is 2.56 bits per heavy atom. The Morgan fingerprint density at radius 2 is 1.81 bits per heavy atom. The average molecular weight is 425 g/mol. The van der Waals surface area contributed by atoms with E-state index in [1.165, 1.54) is 0 Å². The molecule has 0 bridgehead atoms. The number of pyridine rings is 2. The topological polar surface area (TPSA) is 69.6 Å². The molecule has 2 aliphatic heterocycles. The lowest BCUT2D eigenvalue weighted by Crippen LogP contribution is -2.52. The monoisotopic (exact) mass is 425 g/mol. The molecule has 3 aliphatic rings. The minimum atomic E-state index is -0.298. The Bertz CT molecular complexity index is 1240. The molecular formula is C25H23N5O2. The van der Waals surface area contributed by atoms with Crippen molar-refractivity contribution in [2.75, 3.05) is 21.7 Å². The van der Waals surface area contributed by atoms with Gasteiger partial charge in [0.1, 0.15) is 11.9 Å². The Labute approximate surface area is 186 Å². The number of carbonyl (C=O) groups excluding carboxylic acids is 2. The SMILES string of the molecule is CC1C(=O)N(C)c2ccc(N3C(=O)c4ccccc4C3c3cccnc3)nc2N1C1CC1. The van der Waals surface area contributed by atoms with Crippen molar-refractivity contribution in [2.45, 2.75) is 37.9 Å². The number of carbonyl (C=O) groups is 2. The van der Waals surface area contributed by atoms with Crippen LogP contribution in [0.1, 0.15) is 47.3 Å². The zero-order chi connectivity index (χ0) is 22.0. The van der Waals surface area contributed by atoms with Gasteiger partial charge in [-0.05, 0) is 55.2 Å². The molecule has 2 aromatic heterocycles. The van der Waals surface area contributed by atoms with Crippen LogP contribution in [-0.2, 0) is 4.79 Å². The number of likely N-dealkylation sites (N-methyl/N-ethyl adjacent to an activating group) is 1. The maximum atomic E-state index is 13.5. The van der Waals surface area contributed by atoms with Crippen LogP contribution < -0.4 is 14.7 Å². The number of amides is 2. The van der Waals surface area contributed by atoms with Gasteiger partial charge in [0.25, 0.3) is 5.91 Å². The van der Waals surface area contributed by atoms with Gasteiger partial charge in [0.15, 0.2) is 5.82 Å². The van der Waals surface area contributed by atoms with Crippen molar-refractivity contribution in [1.29, 1.82) is 0 Å². The number of benzene rings is 1. The molecule has 7 nitrogen and oxygen atoms in total. The van der Waals surface area contributed by atoms with Gasteiger partial charge in [-0.15, -0.1) is 0 Å². The van der Waals surface area contributed by atoms with Crippen molar-refractivity contribution < 1.29 is 9.59 Å². The largest absolute Gasteiger partial charge is 0.340 e. The first-order chi connectivity index (χ1) is 15.6. The average Bonchev–Trinajstić information content (AvgIpc) is 3.61. The first kappa shape index (κ1) is 19.0. The van der Waals surface area contributed by atoms with Crippen LogP contribution in [0.15, 0.2) is 60.9 Å². The summed E-state index contributed by atoms with van der Waals surface area (Å²) in [4.78, 5) is 41.2. The van der Waals surface area contributed by atoms with Gasteiger partial charge in [-0.25, -0.2) is 4.98 Å². The van der Waals surface area contributed by atoms with Gasteiger partial charge < -0.3 is 9.80 Å². The van der Waals surface area contributed by atoms with E-state index in [0.717, 1.165) is 35.5 Å². The standard InChI is InChI=1S/C25H23N5O2/c1-15-24(31)28(2)20-11-12-21(27-23(20)29(15)17-9-10-17)30-22(16-6-5-13-26-14-16)18-7-3-4-8-19(18)25(30)32/h3-8,11-15,17,22H,9-10H2,1-2H3. The van der Waals surface area contributed by atoms with E-state index in [4.69, 9.17) is 4.98 Å². The predicted octanol–water partition coefficient (Wildman–Crippen LogP) is 3.56. The highest BCUT2D eigenvalue weighted by molar-refractivity contribution is 6.12. The van der Waals surface area contributed by atoms with E-state index in [1.54, 1.807) is 29.2 Å². The Morgan fingerprint density at radius 1 is 1.00 bits per heavy atom. The molecule has 4 heterocycles. The molecule has 32 heavy (non-hydrogen) atoms. The second kappa shape index (κ2) is 6.88. The summed E-state index contributed by atoms with van der Waals surface area (Å²) in [5, 5.41) is 0. The Kier molecular flexibility index (Phi) is 4.08. The minimum absolute atomic E-state index is 0.0665. The first-order valence-electron chi connectivity index (χ1n) is 11.0. The van der Waals surface area contributed by atoms with Crippen LogP contribution in [-0.4, -0.2) is 40.9 Å². The third kappa shape index (κ3) is 2.67. The second-order valence-corrected chi connectivity index (χ2v) is 8.68. The van der Waals surface area contributed by atoms with Gasteiger partial charge in [0, 0.05) is 31.0 Å². The van der Waals surface area contributed by atoms with E-state index in [0.29, 0.717) is 17.4 Å². The molecule has 0 saturated heterocycles. The summed E-state index contributed by atoms with van der Waals surface area (Å²) in [6.45, 7) is 1.93. The Balaban J connectivity index is 1.51. The third-order valence-electron chi connectivity index (χ3n) is 6.70. The van der Waals surface area contributed by atoms with Crippen molar-refractivity contribution in [2.24, 2.45) is 0 Å². The van der Waals surface area contributed by atoms with Crippen LogP contribution >= 0.6 is 0 Å². The van der Waals surface area contributed by atoms with Gasteiger partial charge >= 0.3 is 0 Å². The molecule has 0 radical (unpaired) electrons. The summed E-state index contributed by atoms with van der Waals surface area (Å²) in [7, 11) is 1.79. The van der Waals surface area contributed by atoms with Crippen LogP contribution in [0.3, 0.4) is 0 Å². The number of nitrogens with zero attached hydrogens (tertiary/aromatic N) is 5. The van der Waals surface area contributed by atoms with Crippen LogP contribution in [0.25, 0.3) is 0 Å². The van der Waals surface area contributed by atoms with Crippen molar-refractivity contribution in [3.8, 4) is 0 Å². The fraction of sp³-hybridized carbons (Fsp3) is 0.280. The molecule has 0 spiro atoms. The zero-order valence-electron chi connectivity index (χ0n) is 18.0. The molecule has 0 N–H and O–H groups in total. The molecule has 1 aliphatic carbocycles. The van der Waals surface area contributed by atoms with Crippen molar-refractivity contribution in [1.82, 2.24) is 9.97 Å². The van der Waals surface area contributed by atoms with Crippen molar-refractivity contribution in [3.05, 3.63) is 77.6 Å². The summed E-state index contributed by atoms with van der Waals surface area (Å²) in [6.07, 6.45) is 5.64. The van der Waals surface area contributed by atoms with Crippen molar-refractivity contribution in [3.63, 3.8) is 0 Å². The van der Waals surface area contributed by atoms with Gasteiger partial charge in [-0.2, -0.15) is 0 Å². The van der Waals surface area contributed by atoms with Crippen LogP contribution in [0.4, 0.5) is 17.3 Å². The number of rotatable bonds is 3. The quantitative estimate of drug-likeness (QED) is 0.642. The maximum absolute atomic E-state index is 13.5. The molecular weight excluding hydrogens is 402 g/mol. The van der Waals surface area contributed by atoms with Crippen molar-refractivity contribution >= 4 is 29.1 Å². The summed E-state index contributed by atoms with van der Waals surface area (Å²) >= 11 is 0. The van der Waals surface area contributed by atoms with E-state index < -0.39 is 0 Å². The summed E-state index contributed by atoms with van der Waals surface area (Å²) in [6, 6.07) is 15.1. The molecule has 160 valence electrons. The molecule has 7 heteroatoms. The van der Waals surface area contributed by atoms with Crippen LogP contribution in [0.2, 0.25) is 0 Å². The third-order valence-corrected chi connectivity index (χ3v) is 6.70. The van der Waals surface area contributed by atoms with E-state index in [-0.39, 0.29) is 23.9 Å². The summed E-state index contributed by atoms with van der Waals surface area (Å²) in [5.41, 5.74) is 3.35. The van der Waals surface area contributed by atoms with Crippen LogP contribution in [0.5, 0.6) is 0 Å². The molecule has 2 atom stereocenters. The van der Waals surface area contributed by atoms with E-state index in [1.807, 2.05) is 55.5 Å². The molecule has 1 fully saturated rings. The molecule has 2 amide bonds. The molecule has 6 rings (SSSR count). The van der Waals surface area contributed by atoms with Crippen LogP contribution in [0, 0.1) is 0 Å². The fourth-order valence-corrected chi connectivity index (χ4v) is 4.98. The zero-order valence-corrected chi connectivity index (χ0v) is 18.0. The number of fused-ring (bicyclic) bond motifs is 2. The lowest BCUT2D eigenvalue weighted by molar-refractivity contribution is -0.119. The lowest BCUT2D eigenvalue weighted by Gasteiger charge is -2.40. The summed E-state index contributed by atoms with van der Waals surface area (Å²) < 4.78 is 0. The molecule has 1 aromatic carbocycles. The smallest absolute Gasteiger partial charge is 0.260 e. The predicted molar refractivity (Wildman–Crippen MR) is 122 cm³/mol. The molecule has 3 aromatic rings. The van der Waals surface area contributed by atoms with E-state index in [9.17, 15) is 9.59 Å². The molecule has 1 saturated carbocycles. The number of hydrogen-bond acceptors (Lipinski definition) is 5. The normalized spacial score (nSPS) is 22.2. The van der Waals surface area contributed by atoms with E-state index in [2.05, 4.69) is 9.88 Å². The van der Waals surface area contributed by atoms with E-state index >= 15 is 0 Å². The lowest BCUT2D eigenvalue weighted by atomic mass is 9.99. The van der Waals surface area contributed by atoms with Gasteiger partial charge in [0.2, 0.25) is 5.91 Å². The number of hydrogen-bond donors (Lipinski definition) is 0. The second-order valence-electron chi connectivity index (χ2n) is 8.68. The highest BCUT2D eigenvalue weighted by Gasteiger charge is 2.44. The number of aromatic nitrogens is 2.